The fourth-order valence-corrected chi connectivity index (χ4v) is 4.73. The van der Waals surface area contributed by atoms with Crippen LogP contribution in [0.3, 0.4) is 0 Å². The molecule has 0 aliphatic carbocycles. The molecule has 0 radical (unpaired) electrons. The smallest absolute Gasteiger partial charge is 0.254 e. The number of carbonyl (C=O) groups excluding carboxylic acids is 2. The molecule has 3 N–H and O–H groups in total. The van der Waals surface area contributed by atoms with Crippen molar-refractivity contribution in [2.24, 2.45) is 5.16 Å². The molecule has 2 amide bonds. The molecule has 2 atom stereocenters. The third kappa shape index (κ3) is 5.81. The number of aliphatic hydroxyl groups is 1. The van der Waals surface area contributed by atoms with Gasteiger partial charge in [-0.2, -0.15) is 0 Å². The van der Waals surface area contributed by atoms with E-state index in [1.165, 1.54) is 24.1 Å². The molecule has 3 aromatic rings. The molecular weight excluding hydrogens is 470 g/mol. The number of phenolic OH excluding ortho intramolecular Hbond substituents is 1. The van der Waals surface area contributed by atoms with Crippen LogP contribution in [0.15, 0.2) is 71.9 Å². The molecule has 1 heterocycles. The van der Waals surface area contributed by atoms with E-state index in [0.29, 0.717) is 16.8 Å². The molecule has 0 bridgehead atoms. The number of aliphatic hydroxyl groups excluding tert-OH is 1. The van der Waals surface area contributed by atoms with Gasteiger partial charge in [0, 0.05) is 18.5 Å². The first-order valence-electron chi connectivity index (χ1n) is 12.1. The van der Waals surface area contributed by atoms with Crippen LogP contribution in [0, 0.1) is 13.8 Å². The average Bonchev–Trinajstić information content (AvgIpc) is 3.31. The molecule has 4 rings (SSSR count). The number of hydrogen-bond acceptors (Lipinski definition) is 6. The molecule has 0 saturated carbocycles. The number of likely N-dealkylation sites (tertiary alicyclic amines) is 1. The van der Waals surface area contributed by atoms with Crippen molar-refractivity contribution in [3.8, 4) is 16.9 Å². The summed E-state index contributed by atoms with van der Waals surface area (Å²) in [7, 11) is 1.42. The Kier molecular flexibility index (Phi) is 7.89. The zero-order valence-corrected chi connectivity index (χ0v) is 21.1. The number of carbonyl (C=O) groups is 2. The van der Waals surface area contributed by atoms with Crippen LogP contribution in [0.5, 0.6) is 5.75 Å². The number of benzene rings is 3. The molecule has 1 aliphatic rings. The summed E-state index contributed by atoms with van der Waals surface area (Å²) in [6.07, 6.45) is -0.778. The molecule has 1 aliphatic heterocycles. The van der Waals surface area contributed by atoms with Gasteiger partial charge >= 0.3 is 0 Å². The number of amides is 2. The Morgan fingerprint density at radius 2 is 1.76 bits per heavy atom. The SMILES string of the molecule is CON=C1C[C@@H](C(=O)NCC(O)c2cccc(O)c2)N(C(=O)c2ccc(-c3c(C)cccc3C)cc2)C1. The molecule has 1 unspecified atom stereocenters. The van der Waals surface area contributed by atoms with E-state index in [1.54, 1.807) is 24.3 Å². The molecule has 8 heteroatoms. The number of oxime groups is 1. The number of aromatic hydroxyl groups is 1. The highest BCUT2D eigenvalue weighted by molar-refractivity contribution is 6.05. The van der Waals surface area contributed by atoms with Crippen molar-refractivity contribution in [2.75, 3.05) is 20.2 Å². The second-order valence-electron chi connectivity index (χ2n) is 9.19. The summed E-state index contributed by atoms with van der Waals surface area (Å²) in [6, 6.07) is 18.9. The first kappa shape index (κ1) is 25.9. The Morgan fingerprint density at radius 1 is 1.08 bits per heavy atom. The topological polar surface area (TPSA) is 111 Å². The van der Waals surface area contributed by atoms with E-state index < -0.39 is 18.1 Å². The van der Waals surface area contributed by atoms with Crippen molar-refractivity contribution in [1.82, 2.24) is 10.2 Å². The summed E-state index contributed by atoms with van der Waals surface area (Å²) in [5, 5.41) is 26.8. The zero-order chi connectivity index (χ0) is 26.5. The van der Waals surface area contributed by atoms with E-state index in [9.17, 15) is 19.8 Å². The van der Waals surface area contributed by atoms with Gasteiger partial charge in [-0.15, -0.1) is 0 Å². The molecule has 192 valence electrons. The fraction of sp³-hybridized carbons (Fsp3) is 0.276. The largest absolute Gasteiger partial charge is 0.508 e. The standard InChI is InChI=1S/C29H31N3O5/c1-18-6-4-7-19(2)27(18)20-10-12-21(13-11-20)29(36)32-17-23(31-37-3)15-25(32)28(35)30-16-26(34)22-8-5-9-24(33)14-22/h4-14,25-26,33-34H,15-17H2,1-3H3,(H,30,35)/t25-,26?/m0/s1. The lowest BCUT2D eigenvalue weighted by Gasteiger charge is -2.24. The number of rotatable bonds is 7. The quantitative estimate of drug-likeness (QED) is 0.427. The van der Waals surface area contributed by atoms with Gasteiger partial charge in [0.15, 0.2) is 0 Å². The normalized spacial score (nSPS) is 17.0. The minimum absolute atomic E-state index is 0.0273. The summed E-state index contributed by atoms with van der Waals surface area (Å²) in [6.45, 7) is 4.21. The van der Waals surface area contributed by atoms with Gasteiger partial charge in [-0.25, -0.2) is 0 Å². The Labute approximate surface area is 216 Å². The van der Waals surface area contributed by atoms with Gasteiger partial charge in [-0.05, 0) is 65.9 Å². The molecule has 37 heavy (non-hydrogen) atoms. The number of phenols is 1. The molecular formula is C29H31N3O5. The maximum absolute atomic E-state index is 13.5. The van der Waals surface area contributed by atoms with Gasteiger partial charge in [-0.1, -0.05) is 47.6 Å². The maximum atomic E-state index is 13.5. The van der Waals surface area contributed by atoms with Crippen LogP contribution in [0.1, 0.15) is 39.6 Å². The molecule has 0 aromatic heterocycles. The summed E-state index contributed by atoms with van der Waals surface area (Å²) >= 11 is 0. The lowest BCUT2D eigenvalue weighted by Crippen LogP contribution is -2.46. The van der Waals surface area contributed by atoms with Crippen LogP contribution in [0.4, 0.5) is 0 Å². The second-order valence-corrected chi connectivity index (χ2v) is 9.19. The van der Waals surface area contributed by atoms with Crippen molar-refractivity contribution < 1.29 is 24.6 Å². The van der Waals surface area contributed by atoms with Crippen LogP contribution in [-0.2, 0) is 9.63 Å². The van der Waals surface area contributed by atoms with E-state index in [2.05, 4.69) is 36.5 Å². The highest BCUT2D eigenvalue weighted by Gasteiger charge is 2.38. The number of hydrogen-bond donors (Lipinski definition) is 3. The highest BCUT2D eigenvalue weighted by atomic mass is 16.6. The molecule has 1 fully saturated rings. The summed E-state index contributed by atoms with van der Waals surface area (Å²) in [5.41, 5.74) is 5.99. The van der Waals surface area contributed by atoms with Crippen LogP contribution in [-0.4, -0.2) is 58.9 Å². The van der Waals surface area contributed by atoms with Crippen molar-refractivity contribution in [1.29, 1.82) is 0 Å². The third-order valence-electron chi connectivity index (χ3n) is 6.57. The molecule has 3 aromatic carbocycles. The monoisotopic (exact) mass is 501 g/mol. The number of nitrogens with one attached hydrogen (secondary N) is 1. The van der Waals surface area contributed by atoms with E-state index in [0.717, 1.165) is 22.3 Å². The average molecular weight is 502 g/mol. The zero-order valence-electron chi connectivity index (χ0n) is 21.1. The fourth-order valence-electron chi connectivity index (χ4n) is 4.73. The minimum atomic E-state index is -1.01. The number of nitrogens with zero attached hydrogens (tertiary/aromatic N) is 2. The summed E-state index contributed by atoms with van der Waals surface area (Å²) in [4.78, 5) is 32.9. The van der Waals surface area contributed by atoms with Crippen molar-refractivity contribution >= 4 is 17.5 Å². The summed E-state index contributed by atoms with van der Waals surface area (Å²) < 4.78 is 0. The maximum Gasteiger partial charge on any atom is 0.254 e. The molecule has 8 nitrogen and oxygen atoms in total. The van der Waals surface area contributed by atoms with Gasteiger partial charge in [0.05, 0.1) is 18.4 Å². The van der Waals surface area contributed by atoms with Gasteiger partial charge in [0.25, 0.3) is 5.91 Å². The Balaban J connectivity index is 1.50. The van der Waals surface area contributed by atoms with Gasteiger partial charge in [0.1, 0.15) is 18.9 Å². The van der Waals surface area contributed by atoms with Crippen LogP contribution >= 0.6 is 0 Å². The predicted molar refractivity (Wildman–Crippen MR) is 141 cm³/mol. The van der Waals surface area contributed by atoms with Crippen molar-refractivity contribution in [3.05, 3.63) is 89.0 Å². The van der Waals surface area contributed by atoms with Gasteiger partial charge in [0.2, 0.25) is 5.91 Å². The lowest BCUT2D eigenvalue weighted by atomic mass is 9.95. The first-order valence-corrected chi connectivity index (χ1v) is 12.1. The Hall–Kier alpha value is -4.17. The lowest BCUT2D eigenvalue weighted by molar-refractivity contribution is -0.125. The molecule has 0 spiro atoms. The second kappa shape index (κ2) is 11.3. The number of aryl methyl sites for hydroxylation is 2. The van der Waals surface area contributed by atoms with E-state index >= 15 is 0 Å². The van der Waals surface area contributed by atoms with Gasteiger partial charge < -0.3 is 25.3 Å². The third-order valence-corrected chi connectivity index (χ3v) is 6.57. The van der Waals surface area contributed by atoms with Crippen LogP contribution < -0.4 is 5.32 Å². The van der Waals surface area contributed by atoms with Crippen LogP contribution in [0.25, 0.3) is 11.1 Å². The Morgan fingerprint density at radius 3 is 2.41 bits per heavy atom. The summed E-state index contributed by atoms with van der Waals surface area (Å²) in [5.74, 6) is -0.663. The van der Waals surface area contributed by atoms with Crippen LogP contribution in [0.2, 0.25) is 0 Å². The predicted octanol–water partition coefficient (Wildman–Crippen LogP) is 3.74. The highest BCUT2D eigenvalue weighted by Crippen LogP contribution is 2.28. The molecule has 1 saturated heterocycles. The van der Waals surface area contributed by atoms with Gasteiger partial charge in [-0.3, -0.25) is 9.59 Å². The Bertz CT molecular complexity index is 1300. The van der Waals surface area contributed by atoms with E-state index in [-0.39, 0.29) is 31.2 Å². The van der Waals surface area contributed by atoms with Crippen molar-refractivity contribution in [2.45, 2.75) is 32.4 Å². The van der Waals surface area contributed by atoms with E-state index in [4.69, 9.17) is 4.84 Å². The van der Waals surface area contributed by atoms with E-state index in [1.807, 2.05) is 18.2 Å². The van der Waals surface area contributed by atoms with Crippen molar-refractivity contribution in [3.63, 3.8) is 0 Å². The first-order chi connectivity index (χ1) is 17.8. The minimum Gasteiger partial charge on any atom is -0.508 e.